The smallest absolute Gasteiger partial charge is 0.352 e. The number of carbonyl (C=O) groups is 6. The predicted octanol–water partition coefficient (Wildman–Crippen LogP) is -1.14. The second-order valence-electron chi connectivity index (χ2n) is 7.62. The molecule has 8 N–H and O–H groups in total. The average molecular weight is 617 g/mol. The molecule has 16 nitrogen and oxygen atoms in total. The van der Waals surface area contributed by atoms with Crippen LogP contribution in [0, 0.1) is 0 Å². The average Bonchev–Trinajstić information content (AvgIpc) is 3.26. The van der Waals surface area contributed by atoms with Crippen LogP contribution in [0.1, 0.15) is 5.69 Å². The highest BCUT2D eigenvalue weighted by atomic mass is 32.3. The Kier molecular flexibility index (Phi) is 8.09. The normalized spacial score (nSPS) is 22.3. The van der Waals surface area contributed by atoms with Crippen molar-refractivity contribution in [1.29, 1.82) is 0 Å². The first-order valence-electron chi connectivity index (χ1n) is 10.4. The van der Waals surface area contributed by atoms with Crippen LogP contribution in [0.25, 0.3) is 0 Å². The van der Waals surface area contributed by atoms with Crippen LogP contribution in [0.15, 0.2) is 31.6 Å². The van der Waals surface area contributed by atoms with E-state index in [2.05, 4.69) is 20.3 Å². The van der Waals surface area contributed by atoms with Crippen molar-refractivity contribution in [3.8, 4) is 0 Å². The van der Waals surface area contributed by atoms with Crippen LogP contribution in [0.3, 0.4) is 0 Å². The van der Waals surface area contributed by atoms with Gasteiger partial charge in [-0.05, 0) is 5.57 Å². The highest BCUT2D eigenvalue weighted by molar-refractivity contribution is 8.38. The number of rotatable bonds is 10. The molecule has 3 aliphatic rings. The van der Waals surface area contributed by atoms with Gasteiger partial charge in [0.1, 0.15) is 28.4 Å². The zero-order chi connectivity index (χ0) is 28.6. The maximum absolute atomic E-state index is 13.0. The Morgan fingerprint density at radius 3 is 2.44 bits per heavy atom. The Morgan fingerprint density at radius 2 is 1.90 bits per heavy atom. The van der Waals surface area contributed by atoms with Crippen molar-refractivity contribution in [2.45, 2.75) is 16.0 Å². The number of primary amides is 1. The molecule has 0 aliphatic carbocycles. The van der Waals surface area contributed by atoms with E-state index in [-0.39, 0.29) is 26.5 Å². The molecule has 0 saturated carbocycles. The zero-order valence-corrected chi connectivity index (χ0v) is 22.3. The Bertz CT molecular complexity index is 1380. The summed E-state index contributed by atoms with van der Waals surface area (Å²) in [7, 11) is 0. The third kappa shape index (κ3) is 5.53. The SMILES string of the molecule is NC(=O)C(C(=O)O)=C1SC(C2=C(C(=O)O)N3C(=O)[C@@H](NC(=O)/C(=N\OCC(=O)O)c4csc(N)n4)[C@H]3SC2)S1. The number of thioether (sulfide) groups is 3. The van der Waals surface area contributed by atoms with Crippen LogP contribution < -0.4 is 16.8 Å². The summed E-state index contributed by atoms with van der Waals surface area (Å²) < 4.78 is -0.445. The molecular weight excluding hydrogens is 601 g/mol. The summed E-state index contributed by atoms with van der Waals surface area (Å²) in [6.07, 6.45) is 0. The maximum atomic E-state index is 13.0. The lowest BCUT2D eigenvalue weighted by molar-refractivity contribution is -0.150. The van der Waals surface area contributed by atoms with Crippen molar-refractivity contribution in [2.24, 2.45) is 10.9 Å². The van der Waals surface area contributed by atoms with E-state index in [0.29, 0.717) is 5.57 Å². The number of anilines is 1. The molecule has 206 valence electrons. The van der Waals surface area contributed by atoms with E-state index in [1.165, 1.54) is 17.1 Å². The monoisotopic (exact) mass is 616 g/mol. The molecule has 4 heterocycles. The minimum atomic E-state index is -1.51. The molecule has 39 heavy (non-hydrogen) atoms. The lowest BCUT2D eigenvalue weighted by Crippen LogP contribution is -2.71. The van der Waals surface area contributed by atoms with Crippen molar-refractivity contribution in [2.75, 3.05) is 18.1 Å². The molecule has 20 heteroatoms. The number of β-lactam (4-membered cyclic amide) rings is 1. The summed E-state index contributed by atoms with van der Waals surface area (Å²) in [5, 5.41) is 34.5. The minimum absolute atomic E-state index is 0.0201. The molecule has 0 radical (unpaired) electrons. The number of carbonyl (C=O) groups excluding carboxylic acids is 3. The van der Waals surface area contributed by atoms with E-state index in [9.17, 15) is 39.0 Å². The molecule has 4 rings (SSSR count). The first-order valence-corrected chi connectivity index (χ1v) is 14.0. The molecule has 1 aromatic heterocycles. The Morgan fingerprint density at radius 1 is 1.21 bits per heavy atom. The number of aromatic nitrogens is 1. The molecule has 0 aromatic carbocycles. The van der Waals surface area contributed by atoms with Gasteiger partial charge in [0.05, 0.1) is 8.82 Å². The van der Waals surface area contributed by atoms with Gasteiger partial charge in [0.2, 0.25) is 6.61 Å². The fourth-order valence-corrected chi connectivity index (χ4v) is 8.25. The number of carboxylic acid groups (broad SMARTS) is 3. The number of nitrogen functional groups attached to an aromatic ring is 1. The number of oxime groups is 1. The van der Waals surface area contributed by atoms with Gasteiger partial charge in [0.15, 0.2) is 10.8 Å². The number of aliphatic carboxylic acids is 3. The summed E-state index contributed by atoms with van der Waals surface area (Å²) in [5.41, 5.74) is 9.68. The molecule has 1 aromatic rings. The van der Waals surface area contributed by atoms with Gasteiger partial charge in [-0.25, -0.2) is 19.4 Å². The van der Waals surface area contributed by atoms with Gasteiger partial charge in [0, 0.05) is 11.1 Å². The number of carboxylic acids is 3. The van der Waals surface area contributed by atoms with Crippen LogP contribution in [0.4, 0.5) is 5.13 Å². The molecule has 2 saturated heterocycles. The van der Waals surface area contributed by atoms with Gasteiger partial charge in [-0.2, -0.15) is 0 Å². The number of thiazole rings is 1. The van der Waals surface area contributed by atoms with E-state index in [0.717, 1.165) is 39.8 Å². The molecule has 2 fully saturated rings. The highest BCUT2D eigenvalue weighted by Gasteiger charge is 2.56. The number of hydrogen-bond donors (Lipinski definition) is 6. The van der Waals surface area contributed by atoms with Crippen molar-refractivity contribution >= 4 is 93.1 Å². The third-order valence-corrected chi connectivity index (χ3v) is 10.2. The van der Waals surface area contributed by atoms with E-state index in [1.807, 2.05) is 0 Å². The van der Waals surface area contributed by atoms with Crippen LogP contribution in [-0.2, 0) is 33.6 Å². The minimum Gasteiger partial charge on any atom is -0.479 e. The number of nitrogens with zero attached hydrogens (tertiary/aromatic N) is 3. The van der Waals surface area contributed by atoms with E-state index in [1.54, 1.807) is 0 Å². The summed E-state index contributed by atoms with van der Waals surface area (Å²) in [6, 6.07) is -1.15. The molecule has 0 bridgehead atoms. The van der Waals surface area contributed by atoms with Gasteiger partial charge in [-0.15, -0.1) is 23.1 Å². The van der Waals surface area contributed by atoms with Crippen molar-refractivity contribution in [1.82, 2.24) is 15.2 Å². The Labute approximate surface area is 233 Å². The largest absolute Gasteiger partial charge is 0.479 e. The summed E-state index contributed by atoms with van der Waals surface area (Å²) in [4.78, 5) is 81.1. The molecule has 3 amide bonds. The van der Waals surface area contributed by atoms with Gasteiger partial charge in [0.25, 0.3) is 17.7 Å². The van der Waals surface area contributed by atoms with Gasteiger partial charge in [-0.3, -0.25) is 19.3 Å². The Balaban J connectivity index is 1.52. The number of fused-ring (bicyclic) bond motifs is 1. The maximum Gasteiger partial charge on any atom is 0.352 e. The molecule has 3 aliphatic heterocycles. The van der Waals surface area contributed by atoms with Gasteiger partial charge in [-0.1, -0.05) is 28.7 Å². The highest BCUT2D eigenvalue weighted by Crippen LogP contribution is 2.58. The van der Waals surface area contributed by atoms with Crippen molar-refractivity contribution < 1.29 is 48.9 Å². The molecule has 2 atom stereocenters. The van der Waals surface area contributed by atoms with Crippen molar-refractivity contribution in [3.63, 3.8) is 0 Å². The van der Waals surface area contributed by atoms with Crippen LogP contribution >= 0.6 is 46.6 Å². The summed E-state index contributed by atoms with van der Waals surface area (Å²) in [6.45, 7) is -0.845. The summed E-state index contributed by atoms with van der Waals surface area (Å²) in [5.74, 6) is -6.91. The van der Waals surface area contributed by atoms with Crippen LogP contribution in [0.5, 0.6) is 0 Å². The van der Waals surface area contributed by atoms with Crippen molar-refractivity contribution in [3.05, 3.63) is 32.2 Å². The van der Waals surface area contributed by atoms with E-state index >= 15 is 0 Å². The molecule has 0 spiro atoms. The van der Waals surface area contributed by atoms with E-state index < -0.39 is 69.5 Å². The quantitative estimate of drug-likeness (QED) is 0.0453. The molecule has 0 unspecified atom stereocenters. The van der Waals surface area contributed by atoms with Crippen LogP contribution in [0.2, 0.25) is 0 Å². The van der Waals surface area contributed by atoms with E-state index in [4.69, 9.17) is 16.6 Å². The zero-order valence-electron chi connectivity index (χ0n) is 19.1. The number of amides is 3. The first kappa shape index (κ1) is 28.3. The predicted molar refractivity (Wildman–Crippen MR) is 139 cm³/mol. The van der Waals surface area contributed by atoms with Gasteiger partial charge < -0.3 is 36.9 Å². The number of nitrogens with two attached hydrogens (primary N) is 2. The first-order chi connectivity index (χ1) is 18.4. The molecular formula is C19H16N6O10S4. The fourth-order valence-electron chi connectivity index (χ4n) is 3.54. The lowest BCUT2D eigenvalue weighted by Gasteiger charge is -2.50. The standard InChI is InChI=1S/C19H16N6O10S4/c20-11(28)7(15(31)32)18-38-17(39-18)4-2-36-14-9(13(30)25(14)10(4)16(33)34)23-12(29)8(24-35-1-6(26)27)5-3-37-19(21)22-5/h3,9,14,17H,1-2H2,(H2,20,28)(H2,21,22)(H,23,29)(H,26,27)(H,31,32)(H,33,34)/b18-7?,24-8-/t9-,14-,17?/m1/s1. The second kappa shape index (κ2) is 11.2. The fraction of sp³-hybridized carbons (Fsp3) is 0.263. The second-order valence-corrected chi connectivity index (χ2v) is 12.4. The van der Waals surface area contributed by atoms with Crippen LogP contribution in [-0.4, -0.2) is 94.9 Å². The number of hydrogen-bond acceptors (Lipinski definition) is 14. The number of nitrogens with one attached hydrogen (secondary N) is 1. The summed E-state index contributed by atoms with van der Waals surface area (Å²) >= 11 is 4.05. The lowest BCUT2D eigenvalue weighted by atomic mass is 10.0. The Hall–Kier alpha value is -3.75. The third-order valence-electron chi connectivity index (χ3n) is 5.19. The topological polar surface area (TPSA) is 265 Å². The van der Waals surface area contributed by atoms with Gasteiger partial charge >= 0.3 is 17.9 Å².